The second-order valence-corrected chi connectivity index (χ2v) is 14.3. The van der Waals surface area contributed by atoms with Crippen LogP contribution in [0.3, 0.4) is 0 Å². The van der Waals surface area contributed by atoms with Gasteiger partial charge in [-0.25, -0.2) is 4.79 Å². The number of rotatable bonds is 21. The third-order valence-corrected chi connectivity index (χ3v) is 9.19. The van der Waals surface area contributed by atoms with Crippen LogP contribution in [0.5, 0.6) is 0 Å². The number of alkyl carbamates (subject to hydrolysis) is 1. The summed E-state index contributed by atoms with van der Waals surface area (Å²) in [6.07, 6.45) is -8.50. The van der Waals surface area contributed by atoms with Gasteiger partial charge in [0.15, 0.2) is 12.2 Å². The van der Waals surface area contributed by atoms with E-state index in [0.717, 1.165) is 16.7 Å². The van der Waals surface area contributed by atoms with Gasteiger partial charge in [0.25, 0.3) is 5.91 Å². The van der Waals surface area contributed by atoms with Crippen molar-refractivity contribution in [2.24, 2.45) is 5.92 Å². The zero-order valence-corrected chi connectivity index (χ0v) is 32.8. The van der Waals surface area contributed by atoms with Crippen LogP contribution in [0.15, 0.2) is 121 Å². The quantitative estimate of drug-likeness (QED) is 0.0570. The minimum atomic E-state index is -2.29. The topological polar surface area (TPSA) is 233 Å². The summed E-state index contributed by atoms with van der Waals surface area (Å²) >= 11 is 0. The smallest absolute Gasteiger partial charge is 0.407 e. The Kier molecular flexibility index (Phi) is 18.0. The molecule has 0 saturated heterocycles. The Morgan fingerprint density at radius 2 is 1.17 bits per heavy atom. The predicted molar refractivity (Wildman–Crippen MR) is 216 cm³/mol. The Hall–Kier alpha value is -6.13. The molecule has 0 spiro atoms. The lowest BCUT2D eigenvalue weighted by Gasteiger charge is -2.31. The van der Waals surface area contributed by atoms with Crippen LogP contribution in [0, 0.1) is 5.92 Å². The van der Waals surface area contributed by atoms with Crippen LogP contribution in [-0.4, -0.2) is 93.8 Å². The van der Waals surface area contributed by atoms with Crippen LogP contribution in [-0.2, 0) is 35.3 Å². The zero-order chi connectivity index (χ0) is 42.7. The summed E-state index contributed by atoms with van der Waals surface area (Å²) in [5, 5.41) is 52.7. The third kappa shape index (κ3) is 14.6. The van der Waals surface area contributed by atoms with Crippen LogP contribution in [0.2, 0.25) is 0 Å². The summed E-state index contributed by atoms with van der Waals surface area (Å²) in [6, 6.07) is 31.7. The van der Waals surface area contributed by atoms with Crippen LogP contribution < -0.4 is 21.3 Å². The molecule has 0 fully saturated rings. The highest BCUT2D eigenvalue weighted by Gasteiger charge is 2.38. The molecule has 0 bridgehead atoms. The molecule has 15 heteroatoms. The van der Waals surface area contributed by atoms with Gasteiger partial charge in [-0.3, -0.25) is 19.2 Å². The lowest BCUT2D eigenvalue weighted by Crippen LogP contribution is -2.59. The van der Waals surface area contributed by atoms with Crippen molar-refractivity contribution in [2.45, 2.75) is 75.8 Å². The molecule has 0 aromatic heterocycles. The number of esters is 1. The Bertz CT molecular complexity index is 1880. The Balaban J connectivity index is 1.37. The van der Waals surface area contributed by atoms with Crippen molar-refractivity contribution in [3.05, 3.63) is 144 Å². The van der Waals surface area contributed by atoms with E-state index in [4.69, 9.17) is 9.47 Å². The number of aliphatic hydroxyl groups is 4. The first-order valence-corrected chi connectivity index (χ1v) is 19.2. The van der Waals surface area contributed by atoms with Crippen molar-refractivity contribution in [1.82, 2.24) is 21.3 Å². The third-order valence-electron chi connectivity index (χ3n) is 9.19. The van der Waals surface area contributed by atoms with Crippen molar-refractivity contribution >= 4 is 29.8 Å². The molecule has 4 rings (SSSR count). The molecule has 4 amide bonds. The lowest BCUT2D eigenvalue weighted by molar-refractivity contribution is -0.149. The fourth-order valence-corrected chi connectivity index (χ4v) is 6.10. The van der Waals surface area contributed by atoms with Gasteiger partial charge in [-0.05, 0) is 34.6 Å². The molecule has 314 valence electrons. The van der Waals surface area contributed by atoms with Crippen molar-refractivity contribution in [3.8, 4) is 0 Å². The number of carbonyl (C=O) groups excluding carboxylic acids is 5. The van der Waals surface area contributed by atoms with E-state index in [9.17, 15) is 44.4 Å². The molecule has 6 atom stereocenters. The van der Waals surface area contributed by atoms with Gasteiger partial charge in [-0.15, -0.1) is 0 Å². The van der Waals surface area contributed by atoms with Crippen molar-refractivity contribution in [2.75, 3.05) is 13.2 Å². The number of hydrogen-bond donors (Lipinski definition) is 8. The summed E-state index contributed by atoms with van der Waals surface area (Å²) in [4.78, 5) is 65.1. The average molecular weight is 813 g/mol. The summed E-state index contributed by atoms with van der Waals surface area (Å²) in [7, 11) is 0. The van der Waals surface area contributed by atoms with E-state index in [0.29, 0.717) is 5.56 Å². The van der Waals surface area contributed by atoms with E-state index in [1.165, 1.54) is 0 Å². The summed E-state index contributed by atoms with van der Waals surface area (Å²) < 4.78 is 11.0. The maximum atomic E-state index is 13.5. The Labute approximate surface area is 342 Å². The number of ether oxygens (including phenoxy) is 2. The van der Waals surface area contributed by atoms with Crippen LogP contribution in [0.25, 0.3) is 0 Å². The minimum Gasteiger partial charge on any atom is -0.452 e. The second-order valence-electron chi connectivity index (χ2n) is 14.3. The average Bonchev–Trinajstić information content (AvgIpc) is 3.25. The summed E-state index contributed by atoms with van der Waals surface area (Å²) in [5.74, 6) is -3.56. The lowest BCUT2D eigenvalue weighted by atomic mass is 9.98. The van der Waals surface area contributed by atoms with Gasteiger partial charge >= 0.3 is 12.1 Å². The maximum absolute atomic E-state index is 13.5. The molecule has 4 aromatic carbocycles. The highest BCUT2D eigenvalue weighted by atomic mass is 16.6. The minimum absolute atomic E-state index is 0.0211. The molecular weight excluding hydrogens is 761 g/mol. The van der Waals surface area contributed by atoms with Gasteiger partial charge in [0, 0.05) is 0 Å². The highest BCUT2D eigenvalue weighted by molar-refractivity contribution is 5.89. The second kappa shape index (κ2) is 23.3. The number of carbonyl (C=O) groups is 5. The summed E-state index contributed by atoms with van der Waals surface area (Å²) in [6.45, 7) is 2.10. The molecule has 8 N–H and O–H groups in total. The predicted octanol–water partition coefficient (Wildman–Crippen LogP) is 2.58. The number of amides is 4. The maximum Gasteiger partial charge on any atom is 0.407 e. The Morgan fingerprint density at radius 3 is 1.69 bits per heavy atom. The normalized spacial score (nSPS) is 14.2. The molecule has 0 unspecified atom stereocenters. The van der Waals surface area contributed by atoms with Gasteiger partial charge in [0.1, 0.15) is 31.4 Å². The molecular formula is C44H52N4O11. The van der Waals surface area contributed by atoms with Crippen LogP contribution in [0.4, 0.5) is 4.79 Å². The molecule has 0 radical (unpaired) electrons. The number of aliphatic hydroxyl groups excluding tert-OH is 4. The van der Waals surface area contributed by atoms with E-state index < -0.39 is 85.5 Å². The SMILES string of the molecule is CC(C)C[C@H](NC(=O)CNC(=O)OCc1ccccc1)C(=O)N[C@@H](CO)[C@@H](O)[C@H](O)[C@H](O)C(=O)N[C@@H](CC(=O)OC(c1ccccc1)c1ccccc1)c1ccccc1. The van der Waals surface area contributed by atoms with Crippen LogP contribution in [0.1, 0.15) is 61.1 Å². The summed E-state index contributed by atoms with van der Waals surface area (Å²) in [5.41, 5.74) is 2.66. The standard InChI is InChI=1S/C44H52N4O11/c1-28(2)23-34(46-36(50)25-45-44(57)58-27-29-15-7-3-8-16-29)42(55)48-35(26-49)38(52)39(53)40(54)43(56)47-33(30-17-9-4-10-18-30)24-37(51)59-41(31-19-11-5-12-20-31)32-21-13-6-14-22-32/h3-22,28,33-35,38-41,49,52-54H,23-27H2,1-2H3,(H,45,57)(H,46,50)(H,47,56)(H,48,55)/t33-,34-,35-,38+,39-,40-/m0/s1. The van der Waals surface area contributed by atoms with E-state index in [1.807, 2.05) is 66.7 Å². The molecule has 0 aliphatic rings. The molecule has 0 heterocycles. The van der Waals surface area contributed by atoms with Crippen molar-refractivity contribution < 1.29 is 53.9 Å². The van der Waals surface area contributed by atoms with E-state index in [2.05, 4.69) is 21.3 Å². The molecule has 0 aliphatic heterocycles. The Morgan fingerprint density at radius 1 is 0.644 bits per heavy atom. The molecule has 4 aromatic rings. The largest absolute Gasteiger partial charge is 0.452 e. The van der Waals surface area contributed by atoms with Crippen molar-refractivity contribution in [3.63, 3.8) is 0 Å². The van der Waals surface area contributed by atoms with Crippen LogP contribution >= 0.6 is 0 Å². The molecule has 0 aliphatic carbocycles. The molecule has 59 heavy (non-hydrogen) atoms. The number of nitrogens with one attached hydrogen (secondary N) is 4. The number of hydrogen-bond acceptors (Lipinski definition) is 11. The molecule has 15 nitrogen and oxygen atoms in total. The highest BCUT2D eigenvalue weighted by Crippen LogP contribution is 2.28. The monoisotopic (exact) mass is 812 g/mol. The fourth-order valence-electron chi connectivity index (χ4n) is 6.10. The first kappa shape index (κ1) is 45.6. The van der Waals surface area contributed by atoms with Gasteiger partial charge < -0.3 is 51.2 Å². The van der Waals surface area contributed by atoms with E-state index in [-0.39, 0.29) is 25.4 Å². The van der Waals surface area contributed by atoms with E-state index >= 15 is 0 Å². The fraction of sp³-hybridized carbons (Fsp3) is 0.341. The van der Waals surface area contributed by atoms with Gasteiger partial charge in [0.05, 0.1) is 25.1 Å². The van der Waals surface area contributed by atoms with Gasteiger partial charge in [0.2, 0.25) is 11.8 Å². The molecule has 0 saturated carbocycles. The van der Waals surface area contributed by atoms with Crippen molar-refractivity contribution in [1.29, 1.82) is 0 Å². The zero-order valence-electron chi connectivity index (χ0n) is 32.8. The first-order valence-electron chi connectivity index (χ1n) is 19.2. The van der Waals surface area contributed by atoms with E-state index in [1.54, 1.807) is 68.4 Å². The number of benzene rings is 4. The van der Waals surface area contributed by atoms with Gasteiger partial charge in [-0.1, -0.05) is 135 Å². The van der Waals surface area contributed by atoms with Gasteiger partial charge in [-0.2, -0.15) is 0 Å². The first-order chi connectivity index (χ1) is 28.4.